The summed E-state index contributed by atoms with van der Waals surface area (Å²) in [6, 6.07) is 18.2. The molecule has 198 valence electrons. The molecule has 1 atom stereocenters. The lowest BCUT2D eigenvalue weighted by Gasteiger charge is -2.24. The lowest BCUT2D eigenvalue weighted by Crippen LogP contribution is -2.39. The molecule has 3 aromatic carbocycles. The number of fused-ring (bicyclic) bond motifs is 1. The summed E-state index contributed by atoms with van der Waals surface area (Å²) in [5, 5.41) is 0. The van der Waals surface area contributed by atoms with Crippen molar-refractivity contribution in [2.75, 3.05) is 6.61 Å². The molecule has 1 aliphatic rings. The van der Waals surface area contributed by atoms with Gasteiger partial charge in [0.2, 0.25) is 0 Å². The molecule has 1 aliphatic heterocycles. The third-order valence-corrected chi connectivity index (χ3v) is 7.18. The van der Waals surface area contributed by atoms with E-state index in [2.05, 4.69) is 4.99 Å². The molecule has 0 saturated carbocycles. The Labute approximate surface area is 226 Å². The Bertz CT molecular complexity index is 1720. The molecule has 0 radical (unpaired) electrons. The molecule has 39 heavy (non-hydrogen) atoms. The van der Waals surface area contributed by atoms with Gasteiger partial charge in [-0.15, -0.1) is 0 Å². The summed E-state index contributed by atoms with van der Waals surface area (Å²) < 4.78 is 39.7. The highest BCUT2D eigenvalue weighted by Gasteiger charge is 2.33. The first-order valence-corrected chi connectivity index (χ1v) is 13.1. The van der Waals surface area contributed by atoms with Gasteiger partial charge in [0.05, 0.1) is 28.5 Å². The second kappa shape index (κ2) is 11.2. The van der Waals surface area contributed by atoms with Crippen molar-refractivity contribution in [1.82, 2.24) is 4.57 Å². The van der Waals surface area contributed by atoms with Crippen molar-refractivity contribution in [2.24, 2.45) is 4.99 Å². The van der Waals surface area contributed by atoms with Crippen molar-refractivity contribution in [1.29, 1.82) is 0 Å². The third-order valence-electron chi connectivity index (χ3n) is 6.20. The number of hydrogen-bond donors (Lipinski definition) is 0. The van der Waals surface area contributed by atoms with E-state index in [0.717, 1.165) is 11.1 Å². The Hall–Kier alpha value is -4.37. The second-order valence-corrected chi connectivity index (χ2v) is 9.85. The molecule has 4 aromatic rings. The van der Waals surface area contributed by atoms with Crippen molar-refractivity contribution in [3.63, 3.8) is 0 Å². The van der Waals surface area contributed by atoms with E-state index in [1.54, 1.807) is 56.3 Å². The van der Waals surface area contributed by atoms with Gasteiger partial charge in [-0.3, -0.25) is 9.36 Å². The number of nitrogens with zero attached hydrogens (tertiary/aromatic N) is 2. The molecule has 0 aliphatic carbocycles. The second-order valence-electron chi connectivity index (χ2n) is 8.84. The van der Waals surface area contributed by atoms with Crippen LogP contribution in [-0.4, -0.2) is 17.1 Å². The molecule has 0 fully saturated rings. The predicted molar refractivity (Wildman–Crippen MR) is 144 cm³/mol. The topological polar surface area (TPSA) is 69.9 Å². The number of carbonyl (C=O) groups excluding carboxylic acids is 1. The smallest absolute Gasteiger partial charge is 0.338 e. The van der Waals surface area contributed by atoms with Gasteiger partial charge in [-0.25, -0.2) is 18.6 Å². The maximum absolute atomic E-state index is 13.7. The van der Waals surface area contributed by atoms with Gasteiger partial charge in [0, 0.05) is 0 Å². The van der Waals surface area contributed by atoms with Gasteiger partial charge in [0.1, 0.15) is 24.0 Å². The minimum Gasteiger partial charge on any atom is -0.489 e. The molecule has 1 aromatic heterocycles. The lowest BCUT2D eigenvalue weighted by molar-refractivity contribution is -0.139. The van der Waals surface area contributed by atoms with Crippen LogP contribution in [0, 0.1) is 11.6 Å². The number of aromatic nitrogens is 1. The number of carbonyl (C=O) groups is 1. The van der Waals surface area contributed by atoms with Crippen LogP contribution in [-0.2, 0) is 16.1 Å². The average Bonchev–Trinajstić information content (AvgIpc) is 3.23. The minimum atomic E-state index is -0.801. The van der Waals surface area contributed by atoms with Crippen LogP contribution in [0.4, 0.5) is 8.78 Å². The van der Waals surface area contributed by atoms with E-state index in [9.17, 15) is 18.4 Å². The number of halogens is 2. The van der Waals surface area contributed by atoms with Gasteiger partial charge in [-0.1, -0.05) is 47.7 Å². The van der Waals surface area contributed by atoms with E-state index < -0.39 is 17.8 Å². The largest absolute Gasteiger partial charge is 0.489 e. The fourth-order valence-corrected chi connectivity index (χ4v) is 5.36. The number of ether oxygens (including phenoxy) is 2. The zero-order valence-electron chi connectivity index (χ0n) is 21.2. The number of hydrogen-bond acceptors (Lipinski definition) is 6. The Kier molecular flexibility index (Phi) is 7.51. The van der Waals surface area contributed by atoms with E-state index >= 15 is 0 Å². The Morgan fingerprint density at radius 2 is 1.64 bits per heavy atom. The summed E-state index contributed by atoms with van der Waals surface area (Å²) >= 11 is 1.21. The van der Waals surface area contributed by atoms with Gasteiger partial charge in [-0.05, 0) is 73.0 Å². The molecular formula is C30H24F2N2O4S. The first-order chi connectivity index (χ1) is 18.8. The monoisotopic (exact) mass is 546 g/mol. The fourth-order valence-electron chi connectivity index (χ4n) is 4.31. The Balaban J connectivity index is 1.48. The standard InChI is InChI=1S/C30H24F2N2O4S/c1-3-37-29(36)26-18(2)33-30-34(27(26)21-8-12-23(32)13-9-21)28(35)25(39-30)16-19-6-14-24(15-7-19)38-17-20-4-10-22(31)11-5-20/h4-16,27H,3,17H2,1-2H3/b25-16-/t27-/m0/s1. The summed E-state index contributed by atoms with van der Waals surface area (Å²) in [5.74, 6) is -0.665. The summed E-state index contributed by atoms with van der Waals surface area (Å²) in [5.41, 5.74) is 2.55. The van der Waals surface area contributed by atoms with Crippen LogP contribution in [0.3, 0.4) is 0 Å². The van der Waals surface area contributed by atoms with E-state index in [4.69, 9.17) is 9.47 Å². The van der Waals surface area contributed by atoms with Crippen molar-refractivity contribution >= 4 is 23.4 Å². The number of allylic oxidation sites excluding steroid dienone is 1. The zero-order chi connectivity index (χ0) is 27.5. The molecular weight excluding hydrogens is 522 g/mol. The average molecular weight is 547 g/mol. The first kappa shape index (κ1) is 26.2. The molecule has 0 spiro atoms. The molecule has 2 heterocycles. The molecule has 0 saturated heterocycles. The van der Waals surface area contributed by atoms with Gasteiger partial charge in [0.15, 0.2) is 4.80 Å². The highest BCUT2D eigenvalue weighted by atomic mass is 32.1. The van der Waals surface area contributed by atoms with Crippen molar-refractivity contribution in [3.8, 4) is 5.75 Å². The van der Waals surface area contributed by atoms with Crippen LogP contribution in [0.2, 0.25) is 0 Å². The Morgan fingerprint density at radius 1 is 1.00 bits per heavy atom. The van der Waals surface area contributed by atoms with Crippen LogP contribution in [0.5, 0.6) is 5.75 Å². The molecule has 0 amide bonds. The van der Waals surface area contributed by atoms with Crippen LogP contribution in [0.25, 0.3) is 6.08 Å². The maximum Gasteiger partial charge on any atom is 0.338 e. The molecule has 6 nitrogen and oxygen atoms in total. The van der Waals surface area contributed by atoms with Crippen LogP contribution in [0.15, 0.2) is 93.9 Å². The third kappa shape index (κ3) is 5.58. The maximum atomic E-state index is 13.7. The number of rotatable bonds is 7. The van der Waals surface area contributed by atoms with E-state index in [1.165, 1.54) is 40.2 Å². The highest BCUT2D eigenvalue weighted by molar-refractivity contribution is 7.07. The molecule has 5 rings (SSSR count). The molecule has 9 heteroatoms. The van der Waals surface area contributed by atoms with Crippen LogP contribution >= 0.6 is 11.3 Å². The predicted octanol–water partition coefficient (Wildman–Crippen LogP) is 4.66. The van der Waals surface area contributed by atoms with E-state index in [0.29, 0.717) is 33.0 Å². The lowest BCUT2D eigenvalue weighted by atomic mass is 9.96. The fraction of sp³-hybridized carbons (Fsp3) is 0.167. The quantitative estimate of drug-likeness (QED) is 0.317. The number of benzene rings is 3. The van der Waals surface area contributed by atoms with E-state index in [1.807, 2.05) is 12.1 Å². The minimum absolute atomic E-state index is 0.166. The van der Waals surface area contributed by atoms with Crippen LogP contribution < -0.4 is 19.6 Å². The Morgan fingerprint density at radius 3 is 2.28 bits per heavy atom. The highest BCUT2D eigenvalue weighted by Crippen LogP contribution is 2.30. The molecule has 0 unspecified atom stereocenters. The normalized spacial score (nSPS) is 15.1. The summed E-state index contributed by atoms with van der Waals surface area (Å²) in [6.45, 7) is 3.86. The molecule has 0 N–H and O–H groups in total. The van der Waals surface area contributed by atoms with Crippen molar-refractivity contribution in [3.05, 3.63) is 132 Å². The summed E-state index contributed by atoms with van der Waals surface area (Å²) in [7, 11) is 0. The SMILES string of the molecule is CCOC(=O)C1=C(C)N=c2s/c(=C\c3ccc(OCc4ccc(F)cc4)cc3)c(=O)n2[C@H]1c1ccc(F)cc1. The van der Waals surface area contributed by atoms with Gasteiger partial charge >= 0.3 is 5.97 Å². The van der Waals surface area contributed by atoms with Crippen LogP contribution in [0.1, 0.15) is 36.6 Å². The first-order valence-electron chi connectivity index (χ1n) is 12.3. The summed E-state index contributed by atoms with van der Waals surface area (Å²) in [6.07, 6.45) is 1.75. The van der Waals surface area contributed by atoms with E-state index in [-0.39, 0.29) is 23.6 Å². The number of esters is 1. The van der Waals surface area contributed by atoms with Gasteiger partial charge in [-0.2, -0.15) is 0 Å². The van der Waals surface area contributed by atoms with Crippen molar-refractivity contribution in [2.45, 2.75) is 26.5 Å². The molecule has 0 bridgehead atoms. The van der Waals surface area contributed by atoms with Gasteiger partial charge < -0.3 is 9.47 Å². The van der Waals surface area contributed by atoms with Crippen molar-refractivity contribution < 1.29 is 23.0 Å². The summed E-state index contributed by atoms with van der Waals surface area (Å²) in [4.78, 5) is 31.5. The zero-order valence-corrected chi connectivity index (χ0v) is 22.0. The number of thiazole rings is 1. The van der Waals surface area contributed by atoms with Gasteiger partial charge in [0.25, 0.3) is 5.56 Å².